The predicted octanol–water partition coefficient (Wildman–Crippen LogP) is 3.96. The van der Waals surface area contributed by atoms with Gasteiger partial charge in [0.2, 0.25) is 5.90 Å². The van der Waals surface area contributed by atoms with Crippen molar-refractivity contribution in [3.05, 3.63) is 76.0 Å². The van der Waals surface area contributed by atoms with Crippen LogP contribution in [0, 0.1) is 20.8 Å². The lowest BCUT2D eigenvalue weighted by molar-refractivity contribution is -0.129. The average molecular weight is 291 g/mol. The van der Waals surface area contributed by atoms with Crippen LogP contribution in [0.25, 0.3) is 6.08 Å². The van der Waals surface area contributed by atoms with E-state index in [1.807, 2.05) is 57.2 Å². The summed E-state index contributed by atoms with van der Waals surface area (Å²) in [6, 6.07) is 13.9. The summed E-state index contributed by atoms with van der Waals surface area (Å²) >= 11 is 0. The molecule has 0 saturated heterocycles. The van der Waals surface area contributed by atoms with Crippen LogP contribution in [0.4, 0.5) is 0 Å². The minimum absolute atomic E-state index is 0.331. The molecule has 2 aromatic carbocycles. The van der Waals surface area contributed by atoms with E-state index >= 15 is 0 Å². The monoisotopic (exact) mass is 291 g/mol. The number of esters is 1. The van der Waals surface area contributed by atoms with E-state index in [0.717, 1.165) is 22.3 Å². The minimum atomic E-state index is -0.408. The van der Waals surface area contributed by atoms with Crippen LogP contribution in [-0.4, -0.2) is 11.9 Å². The van der Waals surface area contributed by atoms with E-state index in [1.54, 1.807) is 6.08 Å². The quantitative estimate of drug-likeness (QED) is 0.620. The topological polar surface area (TPSA) is 38.7 Å². The summed E-state index contributed by atoms with van der Waals surface area (Å²) in [7, 11) is 0. The van der Waals surface area contributed by atoms with Crippen molar-refractivity contribution in [2.75, 3.05) is 0 Å². The van der Waals surface area contributed by atoms with Crippen molar-refractivity contribution in [3.63, 3.8) is 0 Å². The molecule has 3 nitrogen and oxygen atoms in total. The lowest BCUT2D eigenvalue weighted by atomic mass is 10.1. The van der Waals surface area contributed by atoms with E-state index in [4.69, 9.17) is 4.74 Å². The van der Waals surface area contributed by atoms with Crippen molar-refractivity contribution >= 4 is 17.9 Å². The van der Waals surface area contributed by atoms with Gasteiger partial charge in [0.15, 0.2) is 5.70 Å². The van der Waals surface area contributed by atoms with Crippen LogP contribution in [0.3, 0.4) is 0 Å². The molecule has 0 aromatic heterocycles. The van der Waals surface area contributed by atoms with Gasteiger partial charge in [-0.3, -0.25) is 0 Å². The predicted molar refractivity (Wildman–Crippen MR) is 87.7 cm³/mol. The van der Waals surface area contributed by atoms with Gasteiger partial charge in [-0.2, -0.15) is 0 Å². The molecule has 110 valence electrons. The Hall–Kier alpha value is -2.68. The van der Waals surface area contributed by atoms with Gasteiger partial charge in [-0.25, -0.2) is 9.79 Å². The van der Waals surface area contributed by atoms with Crippen molar-refractivity contribution in [2.24, 2.45) is 4.99 Å². The van der Waals surface area contributed by atoms with Gasteiger partial charge in [-0.05, 0) is 44.5 Å². The van der Waals surface area contributed by atoms with Crippen molar-refractivity contribution in [3.8, 4) is 0 Å². The summed E-state index contributed by atoms with van der Waals surface area (Å²) in [6.07, 6.45) is 1.75. The van der Waals surface area contributed by atoms with Gasteiger partial charge in [0.1, 0.15) is 0 Å². The molecule has 2 aromatic rings. The fourth-order valence-corrected chi connectivity index (χ4v) is 2.45. The number of benzene rings is 2. The zero-order valence-corrected chi connectivity index (χ0v) is 12.9. The molecule has 1 heterocycles. The second-order valence-corrected chi connectivity index (χ2v) is 5.62. The lowest BCUT2D eigenvalue weighted by Crippen LogP contribution is -2.05. The molecule has 0 fully saturated rings. The Bertz CT molecular complexity index is 778. The van der Waals surface area contributed by atoms with E-state index in [-0.39, 0.29) is 0 Å². The number of carbonyl (C=O) groups excluding carboxylic acids is 1. The first-order chi connectivity index (χ1) is 10.5. The largest absolute Gasteiger partial charge is 0.402 e. The lowest BCUT2D eigenvalue weighted by Gasteiger charge is -2.03. The first kappa shape index (κ1) is 14.3. The molecule has 0 unspecified atom stereocenters. The molecule has 0 spiro atoms. The van der Waals surface area contributed by atoms with Gasteiger partial charge in [0.05, 0.1) is 0 Å². The first-order valence-electron chi connectivity index (χ1n) is 7.19. The fourth-order valence-electron chi connectivity index (χ4n) is 2.45. The van der Waals surface area contributed by atoms with Gasteiger partial charge < -0.3 is 4.74 Å². The molecule has 1 aliphatic heterocycles. The highest BCUT2D eigenvalue weighted by molar-refractivity contribution is 6.12. The molecule has 0 amide bonds. The average Bonchev–Trinajstić information content (AvgIpc) is 2.82. The Morgan fingerprint density at radius 2 is 1.55 bits per heavy atom. The van der Waals surface area contributed by atoms with Crippen LogP contribution >= 0.6 is 0 Å². The molecule has 0 N–H and O–H groups in total. The Kier molecular flexibility index (Phi) is 3.63. The zero-order valence-electron chi connectivity index (χ0n) is 12.9. The number of hydrogen-bond acceptors (Lipinski definition) is 3. The Morgan fingerprint density at radius 3 is 2.18 bits per heavy atom. The van der Waals surface area contributed by atoms with Crippen LogP contribution in [0.5, 0.6) is 0 Å². The highest BCUT2D eigenvalue weighted by atomic mass is 16.6. The van der Waals surface area contributed by atoms with Crippen LogP contribution in [0.15, 0.2) is 53.2 Å². The third-order valence-corrected chi connectivity index (χ3v) is 3.47. The maximum atomic E-state index is 12.0. The number of rotatable bonds is 2. The highest BCUT2D eigenvalue weighted by Crippen LogP contribution is 2.20. The fraction of sp³-hybridized carbons (Fsp3) is 0.158. The molecular weight excluding hydrogens is 274 g/mol. The third-order valence-electron chi connectivity index (χ3n) is 3.47. The molecule has 0 saturated carbocycles. The summed E-state index contributed by atoms with van der Waals surface area (Å²) in [5.74, 6) is -0.0371. The van der Waals surface area contributed by atoms with Gasteiger partial charge in [0, 0.05) is 5.56 Å². The molecule has 3 rings (SSSR count). The van der Waals surface area contributed by atoms with E-state index in [0.29, 0.717) is 11.6 Å². The van der Waals surface area contributed by atoms with Gasteiger partial charge in [-0.15, -0.1) is 0 Å². The standard InChI is InChI=1S/C19H17NO2/c1-12-4-6-15(7-5-12)11-17-19(21)22-18(20-17)16-9-13(2)8-14(3)10-16/h4-11H,1-3H3/b17-11+. The SMILES string of the molecule is Cc1ccc(/C=C2/N=C(c3cc(C)cc(C)c3)OC2=O)cc1. The maximum Gasteiger partial charge on any atom is 0.363 e. The van der Waals surface area contributed by atoms with Crippen LogP contribution in [0.1, 0.15) is 27.8 Å². The second-order valence-electron chi connectivity index (χ2n) is 5.62. The van der Waals surface area contributed by atoms with E-state index in [1.165, 1.54) is 5.56 Å². The summed E-state index contributed by atoms with van der Waals surface area (Å²) in [6.45, 7) is 6.05. The molecule has 0 radical (unpaired) electrons. The minimum Gasteiger partial charge on any atom is -0.402 e. The third kappa shape index (κ3) is 2.98. The van der Waals surface area contributed by atoms with Crippen LogP contribution in [0.2, 0.25) is 0 Å². The Balaban J connectivity index is 1.95. The number of hydrogen-bond donors (Lipinski definition) is 0. The molecule has 0 aliphatic carbocycles. The molecule has 1 aliphatic rings. The first-order valence-corrected chi connectivity index (χ1v) is 7.19. The van der Waals surface area contributed by atoms with Gasteiger partial charge >= 0.3 is 5.97 Å². The summed E-state index contributed by atoms with van der Waals surface area (Å²) in [4.78, 5) is 16.3. The van der Waals surface area contributed by atoms with E-state index in [2.05, 4.69) is 11.1 Å². The van der Waals surface area contributed by atoms with E-state index < -0.39 is 5.97 Å². The number of aryl methyl sites for hydroxylation is 3. The highest BCUT2D eigenvalue weighted by Gasteiger charge is 2.24. The number of cyclic esters (lactones) is 1. The second kappa shape index (κ2) is 5.60. The van der Waals surface area contributed by atoms with Gasteiger partial charge in [0.25, 0.3) is 0 Å². The van der Waals surface area contributed by atoms with E-state index in [9.17, 15) is 4.79 Å². The Morgan fingerprint density at radius 1 is 0.909 bits per heavy atom. The van der Waals surface area contributed by atoms with Gasteiger partial charge in [-0.1, -0.05) is 47.0 Å². The number of aliphatic imine (C=N–C) groups is 1. The van der Waals surface area contributed by atoms with Crippen molar-refractivity contribution in [2.45, 2.75) is 20.8 Å². The smallest absolute Gasteiger partial charge is 0.363 e. The molecular formula is C19H17NO2. The number of ether oxygens (including phenoxy) is 1. The van der Waals surface area contributed by atoms with Crippen LogP contribution in [-0.2, 0) is 9.53 Å². The normalized spacial score (nSPS) is 15.9. The molecule has 3 heteroatoms. The number of carbonyl (C=O) groups is 1. The maximum absolute atomic E-state index is 12.0. The molecule has 0 atom stereocenters. The van der Waals surface area contributed by atoms with Crippen molar-refractivity contribution in [1.82, 2.24) is 0 Å². The molecule has 0 bridgehead atoms. The zero-order chi connectivity index (χ0) is 15.7. The van der Waals surface area contributed by atoms with Crippen LogP contribution < -0.4 is 0 Å². The van der Waals surface area contributed by atoms with Crippen molar-refractivity contribution < 1.29 is 9.53 Å². The molecule has 22 heavy (non-hydrogen) atoms. The Labute approximate surface area is 130 Å². The summed E-state index contributed by atoms with van der Waals surface area (Å²) in [5.41, 5.74) is 5.50. The van der Waals surface area contributed by atoms with Crippen molar-refractivity contribution in [1.29, 1.82) is 0 Å². The summed E-state index contributed by atoms with van der Waals surface area (Å²) in [5, 5.41) is 0. The summed E-state index contributed by atoms with van der Waals surface area (Å²) < 4.78 is 5.31. The number of nitrogens with zero attached hydrogens (tertiary/aromatic N) is 1.